The molecule has 0 aliphatic rings. The minimum Gasteiger partial charge on any atom is -0.447 e. The van der Waals surface area contributed by atoms with Crippen molar-refractivity contribution in [1.82, 2.24) is 0 Å². The number of nitrogens with one attached hydrogen (secondary N) is 1. The molecule has 2 N–H and O–H groups in total. The fourth-order valence-corrected chi connectivity index (χ4v) is 2.24. The number of aliphatic hydroxyl groups excluding tert-OH is 1. The molecule has 0 aromatic heterocycles. The van der Waals surface area contributed by atoms with E-state index in [0.29, 0.717) is 15.7 Å². The van der Waals surface area contributed by atoms with Gasteiger partial charge < -0.3 is 14.6 Å². The summed E-state index contributed by atoms with van der Waals surface area (Å²) in [5.74, 6) is -0.366. The maximum Gasteiger partial charge on any atom is 0.411 e. The number of hydrogen-bond donors (Lipinski definition) is 2. The number of carbonyl (C=O) groups is 2. The summed E-state index contributed by atoms with van der Waals surface area (Å²) in [5.41, 5.74) is 0.709. The van der Waals surface area contributed by atoms with Crippen molar-refractivity contribution >= 4 is 41.0 Å². The predicted octanol–water partition coefficient (Wildman–Crippen LogP) is 3.75. The quantitative estimate of drug-likeness (QED) is 0.619. The molecule has 0 radical (unpaired) electrons. The van der Waals surface area contributed by atoms with Gasteiger partial charge in [0.1, 0.15) is 12.4 Å². The summed E-state index contributed by atoms with van der Waals surface area (Å²) in [6.07, 6.45) is -0.701. The first-order valence-corrected chi connectivity index (χ1v) is 7.56. The van der Waals surface area contributed by atoms with Gasteiger partial charge in [-0.3, -0.25) is 5.32 Å². The molecule has 0 bridgehead atoms. The van der Waals surface area contributed by atoms with Crippen LogP contribution in [0.2, 0.25) is 10.0 Å². The number of esters is 1. The van der Waals surface area contributed by atoms with Crippen molar-refractivity contribution < 1.29 is 24.2 Å². The fourth-order valence-electron chi connectivity index (χ4n) is 1.74. The number of carbonyl (C=O) groups excluding carboxylic acids is 2. The number of amides is 1. The number of hydrogen-bond acceptors (Lipinski definition) is 5. The molecule has 0 heterocycles. The van der Waals surface area contributed by atoms with Crippen LogP contribution >= 0.6 is 23.2 Å². The molecule has 24 heavy (non-hydrogen) atoms. The van der Waals surface area contributed by atoms with Crippen LogP contribution in [-0.2, 0) is 4.74 Å². The van der Waals surface area contributed by atoms with Crippen molar-refractivity contribution in [2.75, 3.05) is 18.5 Å². The predicted molar refractivity (Wildman–Crippen MR) is 89.9 cm³/mol. The summed E-state index contributed by atoms with van der Waals surface area (Å²) in [4.78, 5) is 23.4. The number of rotatable bonds is 5. The summed E-state index contributed by atoms with van der Waals surface area (Å²) < 4.78 is 9.85. The molecule has 0 saturated carbocycles. The third-order valence-corrected chi connectivity index (χ3v) is 3.17. The molecule has 2 aromatic rings. The Morgan fingerprint density at radius 3 is 2.25 bits per heavy atom. The minimum absolute atomic E-state index is 0.0988. The van der Waals surface area contributed by atoms with Gasteiger partial charge in [0.2, 0.25) is 0 Å². The molecule has 2 aromatic carbocycles. The molecule has 6 nitrogen and oxygen atoms in total. The number of halogens is 2. The Kier molecular flexibility index (Phi) is 6.43. The van der Waals surface area contributed by atoms with Crippen LogP contribution in [0, 0.1) is 0 Å². The maximum absolute atomic E-state index is 12.1. The van der Waals surface area contributed by atoms with Crippen LogP contribution < -0.4 is 10.1 Å². The van der Waals surface area contributed by atoms with Gasteiger partial charge in [0, 0.05) is 15.7 Å². The number of ether oxygens (including phenoxy) is 2. The van der Waals surface area contributed by atoms with Crippen molar-refractivity contribution in [2.45, 2.75) is 0 Å². The number of anilines is 1. The van der Waals surface area contributed by atoms with E-state index < -0.39 is 12.1 Å². The van der Waals surface area contributed by atoms with E-state index in [9.17, 15) is 9.59 Å². The van der Waals surface area contributed by atoms with Crippen molar-refractivity contribution in [3.63, 3.8) is 0 Å². The van der Waals surface area contributed by atoms with Gasteiger partial charge in [-0.2, -0.15) is 0 Å². The first-order chi connectivity index (χ1) is 11.5. The molecule has 8 heteroatoms. The molecule has 0 spiro atoms. The number of benzene rings is 2. The smallest absolute Gasteiger partial charge is 0.411 e. The second-order valence-electron chi connectivity index (χ2n) is 4.56. The lowest BCUT2D eigenvalue weighted by atomic mass is 10.2. The van der Waals surface area contributed by atoms with Crippen LogP contribution in [0.5, 0.6) is 5.75 Å². The normalized spacial score (nSPS) is 10.1. The average Bonchev–Trinajstić information content (AvgIpc) is 2.52. The zero-order valence-electron chi connectivity index (χ0n) is 12.3. The molecule has 1 amide bonds. The first-order valence-electron chi connectivity index (χ1n) is 6.81. The van der Waals surface area contributed by atoms with Gasteiger partial charge >= 0.3 is 12.1 Å². The molecule has 2 rings (SSSR count). The summed E-state index contributed by atoms with van der Waals surface area (Å²) in [7, 11) is 0. The Balaban J connectivity index is 1.99. The third-order valence-electron chi connectivity index (χ3n) is 2.74. The Morgan fingerprint density at radius 1 is 1.04 bits per heavy atom. The molecule has 0 saturated heterocycles. The summed E-state index contributed by atoms with van der Waals surface area (Å²) in [5, 5.41) is 11.7. The lowest BCUT2D eigenvalue weighted by Gasteiger charge is -2.08. The highest BCUT2D eigenvalue weighted by Crippen LogP contribution is 2.25. The van der Waals surface area contributed by atoms with E-state index in [-0.39, 0.29) is 24.5 Å². The standard InChI is InChI=1S/C16H13Cl2NO5/c17-11-7-12(18)9-14(8-11)24-15(21)10-1-3-13(4-2-10)19-16(22)23-6-5-20/h1-4,7-9,20H,5-6H2,(H,19,22). The second-order valence-corrected chi connectivity index (χ2v) is 5.43. The molecular formula is C16H13Cl2NO5. The van der Waals surface area contributed by atoms with Crippen LogP contribution in [0.1, 0.15) is 10.4 Å². The van der Waals surface area contributed by atoms with E-state index in [1.54, 1.807) is 0 Å². The van der Waals surface area contributed by atoms with E-state index in [1.165, 1.54) is 42.5 Å². The van der Waals surface area contributed by atoms with E-state index in [2.05, 4.69) is 10.1 Å². The number of aliphatic hydroxyl groups is 1. The lowest BCUT2D eigenvalue weighted by Crippen LogP contribution is -2.16. The van der Waals surface area contributed by atoms with Gasteiger partial charge in [-0.1, -0.05) is 23.2 Å². The van der Waals surface area contributed by atoms with Crippen molar-refractivity contribution in [2.24, 2.45) is 0 Å². The first kappa shape index (κ1) is 18.1. The maximum atomic E-state index is 12.1. The topological polar surface area (TPSA) is 84.9 Å². The monoisotopic (exact) mass is 369 g/mol. The van der Waals surface area contributed by atoms with Gasteiger partial charge in [0.15, 0.2) is 0 Å². The van der Waals surface area contributed by atoms with E-state index in [4.69, 9.17) is 33.0 Å². The van der Waals surface area contributed by atoms with Gasteiger partial charge in [0.25, 0.3) is 0 Å². The highest BCUT2D eigenvalue weighted by Gasteiger charge is 2.10. The van der Waals surface area contributed by atoms with E-state index in [0.717, 1.165) is 0 Å². The lowest BCUT2D eigenvalue weighted by molar-refractivity contribution is 0.0735. The molecular weight excluding hydrogens is 357 g/mol. The Morgan fingerprint density at radius 2 is 1.67 bits per heavy atom. The van der Waals surface area contributed by atoms with Gasteiger partial charge in [-0.25, -0.2) is 9.59 Å². The van der Waals surface area contributed by atoms with Crippen LogP contribution in [0.25, 0.3) is 0 Å². The molecule has 0 aliphatic heterocycles. The summed E-state index contributed by atoms with van der Waals surface area (Å²) >= 11 is 11.7. The van der Waals surface area contributed by atoms with Crippen molar-refractivity contribution in [3.05, 3.63) is 58.1 Å². The highest BCUT2D eigenvalue weighted by atomic mass is 35.5. The Bertz CT molecular complexity index is 713. The zero-order chi connectivity index (χ0) is 17.5. The highest BCUT2D eigenvalue weighted by molar-refractivity contribution is 6.34. The largest absolute Gasteiger partial charge is 0.447 e. The minimum atomic E-state index is -0.701. The van der Waals surface area contributed by atoms with E-state index >= 15 is 0 Å². The molecule has 126 valence electrons. The zero-order valence-corrected chi connectivity index (χ0v) is 13.8. The van der Waals surface area contributed by atoms with Gasteiger partial charge in [0.05, 0.1) is 12.2 Å². The SMILES string of the molecule is O=C(Nc1ccc(C(=O)Oc2cc(Cl)cc(Cl)c2)cc1)OCCO. The fraction of sp³-hybridized carbons (Fsp3) is 0.125. The van der Waals surface area contributed by atoms with Gasteiger partial charge in [-0.15, -0.1) is 0 Å². The third kappa shape index (κ3) is 5.42. The van der Waals surface area contributed by atoms with Crippen molar-refractivity contribution in [1.29, 1.82) is 0 Å². The average molecular weight is 370 g/mol. The Hall–Kier alpha value is -2.28. The second kappa shape index (κ2) is 8.54. The molecule has 0 aliphatic carbocycles. The molecule has 0 fully saturated rings. The van der Waals surface area contributed by atoms with E-state index in [1.807, 2.05) is 0 Å². The van der Waals surface area contributed by atoms with Crippen LogP contribution in [0.3, 0.4) is 0 Å². The summed E-state index contributed by atoms with van der Waals surface area (Å²) in [6, 6.07) is 10.5. The van der Waals surface area contributed by atoms with Gasteiger partial charge in [-0.05, 0) is 42.5 Å². The summed E-state index contributed by atoms with van der Waals surface area (Å²) in [6.45, 7) is -0.357. The Labute approximate surface area is 147 Å². The van der Waals surface area contributed by atoms with Crippen LogP contribution in [-0.4, -0.2) is 30.4 Å². The van der Waals surface area contributed by atoms with Crippen LogP contribution in [0.15, 0.2) is 42.5 Å². The molecule has 0 unspecified atom stereocenters. The molecule has 0 atom stereocenters. The van der Waals surface area contributed by atoms with Crippen LogP contribution in [0.4, 0.5) is 10.5 Å². The van der Waals surface area contributed by atoms with Crippen molar-refractivity contribution in [3.8, 4) is 5.75 Å².